The van der Waals surface area contributed by atoms with Crippen molar-refractivity contribution in [2.75, 3.05) is 25.6 Å². The van der Waals surface area contributed by atoms with Gasteiger partial charge in [-0.1, -0.05) is 18.2 Å². The third-order valence-corrected chi connectivity index (χ3v) is 3.48. The zero-order chi connectivity index (χ0) is 18.2. The molecule has 0 radical (unpaired) electrons. The molecule has 2 rings (SSSR count). The van der Waals surface area contributed by atoms with Crippen LogP contribution in [-0.2, 0) is 14.3 Å². The fourth-order valence-electron chi connectivity index (χ4n) is 2.22. The van der Waals surface area contributed by atoms with Gasteiger partial charge in [-0.2, -0.15) is 0 Å². The number of ether oxygens (including phenoxy) is 3. The molecule has 0 atom stereocenters. The van der Waals surface area contributed by atoms with Crippen molar-refractivity contribution in [3.63, 3.8) is 0 Å². The van der Waals surface area contributed by atoms with Crippen molar-refractivity contribution in [1.82, 2.24) is 0 Å². The predicted octanol–water partition coefficient (Wildman–Crippen LogP) is 2.87. The van der Waals surface area contributed by atoms with Gasteiger partial charge in [-0.25, -0.2) is 4.79 Å². The molecule has 1 amide bonds. The van der Waals surface area contributed by atoms with E-state index in [2.05, 4.69) is 5.32 Å². The number of hydrogen-bond donors (Lipinski definition) is 1. The van der Waals surface area contributed by atoms with Gasteiger partial charge in [0.25, 0.3) is 5.91 Å². The standard InChI is InChI=1S/C19H21NO5/c1-13-5-4-6-14(2)19(13)25-12-18(22)24-11-17(21)20-15-7-9-16(23-3)10-8-15/h4-10H,11-12H2,1-3H3,(H,20,21). The molecule has 1 N–H and O–H groups in total. The lowest BCUT2D eigenvalue weighted by atomic mass is 10.1. The van der Waals surface area contributed by atoms with Gasteiger partial charge >= 0.3 is 5.97 Å². The monoisotopic (exact) mass is 343 g/mol. The molecule has 0 unspecified atom stereocenters. The van der Waals surface area contributed by atoms with Crippen LogP contribution < -0.4 is 14.8 Å². The number of aryl methyl sites for hydroxylation is 2. The molecule has 2 aromatic carbocycles. The normalized spacial score (nSPS) is 10.0. The zero-order valence-corrected chi connectivity index (χ0v) is 14.5. The number of para-hydroxylation sites is 1. The Bertz CT molecular complexity index is 720. The summed E-state index contributed by atoms with van der Waals surface area (Å²) < 4.78 is 15.4. The van der Waals surface area contributed by atoms with Crippen molar-refractivity contribution in [2.24, 2.45) is 0 Å². The average Bonchev–Trinajstić information content (AvgIpc) is 2.60. The largest absolute Gasteiger partial charge is 0.497 e. The molecule has 0 aliphatic rings. The van der Waals surface area contributed by atoms with E-state index in [1.54, 1.807) is 31.4 Å². The van der Waals surface area contributed by atoms with Gasteiger partial charge in [0.15, 0.2) is 13.2 Å². The molecule has 0 spiro atoms. The lowest BCUT2D eigenvalue weighted by Gasteiger charge is -2.11. The van der Waals surface area contributed by atoms with Gasteiger partial charge in [0, 0.05) is 5.69 Å². The maximum absolute atomic E-state index is 11.8. The number of rotatable bonds is 7. The van der Waals surface area contributed by atoms with Crippen molar-refractivity contribution in [3.05, 3.63) is 53.6 Å². The number of nitrogens with one attached hydrogen (secondary N) is 1. The number of esters is 1. The number of amides is 1. The first-order valence-corrected chi connectivity index (χ1v) is 7.78. The van der Waals surface area contributed by atoms with Crippen molar-refractivity contribution < 1.29 is 23.8 Å². The third-order valence-electron chi connectivity index (χ3n) is 3.48. The minimum absolute atomic E-state index is 0.249. The number of methoxy groups -OCH3 is 1. The topological polar surface area (TPSA) is 73.9 Å². The Kier molecular flexibility index (Phi) is 6.39. The lowest BCUT2D eigenvalue weighted by molar-refractivity contribution is -0.149. The molecule has 6 heteroatoms. The summed E-state index contributed by atoms with van der Waals surface area (Å²) in [7, 11) is 1.56. The molecule has 132 valence electrons. The van der Waals surface area contributed by atoms with Crippen LogP contribution in [-0.4, -0.2) is 32.2 Å². The van der Waals surface area contributed by atoms with Gasteiger partial charge in [-0.15, -0.1) is 0 Å². The molecule has 25 heavy (non-hydrogen) atoms. The SMILES string of the molecule is COc1ccc(NC(=O)COC(=O)COc2c(C)cccc2C)cc1. The van der Waals surface area contributed by atoms with Gasteiger partial charge in [0.1, 0.15) is 11.5 Å². The summed E-state index contributed by atoms with van der Waals surface area (Å²) in [6.45, 7) is 3.18. The molecule has 0 saturated heterocycles. The number of benzene rings is 2. The van der Waals surface area contributed by atoms with E-state index in [1.165, 1.54) is 0 Å². The number of carbonyl (C=O) groups excluding carboxylic acids is 2. The van der Waals surface area contributed by atoms with Gasteiger partial charge < -0.3 is 19.5 Å². The molecule has 0 heterocycles. The van der Waals surface area contributed by atoms with E-state index < -0.39 is 11.9 Å². The molecule has 0 bridgehead atoms. The highest BCUT2D eigenvalue weighted by atomic mass is 16.6. The minimum Gasteiger partial charge on any atom is -0.497 e. The van der Waals surface area contributed by atoms with Gasteiger partial charge in [-0.3, -0.25) is 4.79 Å². The number of hydrogen-bond acceptors (Lipinski definition) is 5. The maximum Gasteiger partial charge on any atom is 0.344 e. The van der Waals surface area contributed by atoms with Crippen LogP contribution >= 0.6 is 0 Å². The van der Waals surface area contributed by atoms with Crippen LogP contribution in [0.3, 0.4) is 0 Å². The third kappa shape index (κ3) is 5.53. The van der Waals surface area contributed by atoms with Crippen molar-refractivity contribution in [3.8, 4) is 11.5 Å². The van der Waals surface area contributed by atoms with Crippen molar-refractivity contribution in [2.45, 2.75) is 13.8 Å². The molecule has 0 aromatic heterocycles. The first-order valence-electron chi connectivity index (χ1n) is 7.78. The highest BCUT2D eigenvalue weighted by Crippen LogP contribution is 2.22. The van der Waals surface area contributed by atoms with Crippen LogP contribution in [0.15, 0.2) is 42.5 Å². The van der Waals surface area contributed by atoms with Crippen LogP contribution in [0.25, 0.3) is 0 Å². The Balaban J connectivity index is 1.76. The van der Waals surface area contributed by atoms with E-state index in [4.69, 9.17) is 14.2 Å². The minimum atomic E-state index is -0.604. The molecular formula is C19H21NO5. The van der Waals surface area contributed by atoms with Crippen LogP contribution in [0.4, 0.5) is 5.69 Å². The molecule has 0 aliphatic heterocycles. The second-order valence-corrected chi connectivity index (χ2v) is 5.45. The summed E-state index contributed by atoms with van der Waals surface area (Å²) in [6, 6.07) is 12.6. The van der Waals surface area contributed by atoms with E-state index in [1.807, 2.05) is 32.0 Å². The molecule has 0 aliphatic carbocycles. The highest BCUT2D eigenvalue weighted by Gasteiger charge is 2.11. The number of anilines is 1. The Morgan fingerprint density at radius 1 is 0.960 bits per heavy atom. The van der Waals surface area contributed by atoms with Crippen LogP contribution in [0.2, 0.25) is 0 Å². The van der Waals surface area contributed by atoms with Crippen LogP contribution in [0.5, 0.6) is 11.5 Å². The van der Waals surface area contributed by atoms with Gasteiger partial charge in [0.05, 0.1) is 7.11 Å². The van der Waals surface area contributed by atoms with E-state index in [-0.39, 0.29) is 13.2 Å². The smallest absolute Gasteiger partial charge is 0.344 e. The van der Waals surface area contributed by atoms with Crippen LogP contribution in [0.1, 0.15) is 11.1 Å². The molecular weight excluding hydrogens is 322 g/mol. The van der Waals surface area contributed by atoms with Crippen molar-refractivity contribution >= 4 is 17.6 Å². The summed E-state index contributed by atoms with van der Waals surface area (Å²) in [5.41, 5.74) is 2.46. The van der Waals surface area contributed by atoms with Gasteiger partial charge in [0.2, 0.25) is 0 Å². The van der Waals surface area contributed by atoms with E-state index >= 15 is 0 Å². The Morgan fingerprint density at radius 3 is 2.20 bits per heavy atom. The van der Waals surface area contributed by atoms with E-state index in [0.717, 1.165) is 11.1 Å². The maximum atomic E-state index is 11.8. The predicted molar refractivity (Wildman–Crippen MR) is 94.0 cm³/mol. The lowest BCUT2D eigenvalue weighted by Crippen LogP contribution is -2.23. The zero-order valence-electron chi connectivity index (χ0n) is 14.5. The number of carbonyl (C=O) groups is 2. The van der Waals surface area contributed by atoms with Crippen molar-refractivity contribution in [1.29, 1.82) is 0 Å². The second kappa shape index (κ2) is 8.73. The quantitative estimate of drug-likeness (QED) is 0.783. The van der Waals surface area contributed by atoms with E-state index in [9.17, 15) is 9.59 Å². The fraction of sp³-hybridized carbons (Fsp3) is 0.263. The average molecular weight is 343 g/mol. The Labute approximate surface area is 146 Å². The molecule has 2 aromatic rings. The van der Waals surface area contributed by atoms with Gasteiger partial charge in [-0.05, 0) is 49.2 Å². The first-order chi connectivity index (χ1) is 12.0. The summed E-state index contributed by atoms with van der Waals surface area (Å²) in [5, 5.41) is 2.63. The van der Waals surface area contributed by atoms with Crippen LogP contribution in [0, 0.1) is 13.8 Å². The first kappa shape index (κ1) is 18.3. The Hall–Kier alpha value is -3.02. The summed E-state index contributed by atoms with van der Waals surface area (Å²) in [6.07, 6.45) is 0. The summed E-state index contributed by atoms with van der Waals surface area (Å²) in [4.78, 5) is 23.5. The molecule has 0 fully saturated rings. The Morgan fingerprint density at radius 2 is 1.60 bits per heavy atom. The summed E-state index contributed by atoms with van der Waals surface area (Å²) >= 11 is 0. The second-order valence-electron chi connectivity index (χ2n) is 5.45. The highest BCUT2D eigenvalue weighted by molar-refractivity contribution is 5.92. The summed E-state index contributed by atoms with van der Waals surface area (Å²) in [5.74, 6) is 0.313. The van der Waals surface area contributed by atoms with E-state index in [0.29, 0.717) is 17.2 Å². The fourth-order valence-corrected chi connectivity index (χ4v) is 2.22. The molecule has 0 saturated carbocycles. The molecule has 6 nitrogen and oxygen atoms in total.